The van der Waals surface area contributed by atoms with Crippen LogP contribution in [0.5, 0.6) is 0 Å². The van der Waals surface area contributed by atoms with E-state index in [9.17, 15) is 14.4 Å². The van der Waals surface area contributed by atoms with Gasteiger partial charge in [-0.05, 0) is 42.0 Å². The van der Waals surface area contributed by atoms with Crippen molar-refractivity contribution in [2.75, 3.05) is 0 Å². The Morgan fingerprint density at radius 3 is 2.18 bits per heavy atom. The molecule has 0 unspecified atom stereocenters. The molecule has 0 saturated heterocycles. The summed E-state index contributed by atoms with van der Waals surface area (Å²) in [5.41, 5.74) is 3.61. The maximum atomic E-state index is 12.9. The highest BCUT2D eigenvalue weighted by atomic mass is 16.5. The third-order valence-corrected chi connectivity index (χ3v) is 5.15. The lowest BCUT2D eigenvalue weighted by Crippen LogP contribution is -2.27. The van der Waals surface area contributed by atoms with E-state index in [-0.39, 0.29) is 35.0 Å². The number of hydrogen-bond donors (Lipinski definition) is 0. The Labute approximate surface area is 165 Å². The molecule has 0 heterocycles. The molecule has 0 N–H and O–H groups in total. The van der Waals surface area contributed by atoms with Crippen LogP contribution in [0.1, 0.15) is 71.0 Å². The zero-order valence-corrected chi connectivity index (χ0v) is 16.7. The molecule has 144 valence electrons. The zero-order valence-electron chi connectivity index (χ0n) is 16.7. The van der Waals surface area contributed by atoms with Crippen LogP contribution in [0.3, 0.4) is 0 Å². The molecule has 0 fully saturated rings. The van der Waals surface area contributed by atoms with Crippen molar-refractivity contribution in [2.45, 2.75) is 46.6 Å². The van der Waals surface area contributed by atoms with Crippen molar-refractivity contribution in [3.05, 3.63) is 81.4 Å². The van der Waals surface area contributed by atoms with Gasteiger partial charge in [0.15, 0.2) is 5.78 Å². The number of ketones is 2. The lowest BCUT2D eigenvalue weighted by molar-refractivity contribution is -0.139. The summed E-state index contributed by atoms with van der Waals surface area (Å²) in [5.74, 6) is -1.26. The van der Waals surface area contributed by atoms with Gasteiger partial charge in [0, 0.05) is 16.7 Å². The standard InChI is InChI=1S/C24H24O4/c1-5-16-6-8-17(9-7-16)13-28-24(27)21-15(4)22(25)20-12-18(14(2)3)10-11-19(20)23(21)26/h6-12,14H,5,13H2,1-4H3. The lowest BCUT2D eigenvalue weighted by atomic mass is 9.83. The highest BCUT2D eigenvalue weighted by Gasteiger charge is 2.34. The monoisotopic (exact) mass is 376 g/mol. The lowest BCUT2D eigenvalue weighted by Gasteiger charge is -2.19. The minimum Gasteiger partial charge on any atom is -0.457 e. The van der Waals surface area contributed by atoms with Crippen molar-refractivity contribution in [1.29, 1.82) is 0 Å². The summed E-state index contributed by atoms with van der Waals surface area (Å²) in [6.45, 7) is 7.68. The summed E-state index contributed by atoms with van der Waals surface area (Å²) in [6.07, 6.45) is 0.931. The predicted octanol–water partition coefficient (Wildman–Crippen LogP) is 4.81. The minimum atomic E-state index is -0.756. The number of aryl methyl sites for hydroxylation is 1. The number of Topliss-reactive ketones (excluding diaryl/α,β-unsaturated/α-hetero) is 2. The van der Waals surface area contributed by atoms with Crippen LogP contribution in [-0.4, -0.2) is 17.5 Å². The highest BCUT2D eigenvalue weighted by Crippen LogP contribution is 2.29. The summed E-state index contributed by atoms with van der Waals surface area (Å²) in [5, 5.41) is 0. The van der Waals surface area contributed by atoms with Crippen LogP contribution in [0.4, 0.5) is 0 Å². The van der Waals surface area contributed by atoms with E-state index < -0.39 is 11.8 Å². The molecule has 2 aromatic rings. The van der Waals surface area contributed by atoms with Crippen molar-refractivity contribution < 1.29 is 19.1 Å². The molecule has 0 atom stereocenters. The quantitative estimate of drug-likeness (QED) is 0.555. The molecule has 0 spiro atoms. The first-order valence-electron chi connectivity index (χ1n) is 9.52. The molecule has 0 radical (unpaired) electrons. The van der Waals surface area contributed by atoms with E-state index in [1.54, 1.807) is 12.1 Å². The van der Waals surface area contributed by atoms with E-state index in [1.807, 2.05) is 44.2 Å². The largest absolute Gasteiger partial charge is 0.457 e. The minimum absolute atomic E-state index is 0.0558. The Balaban J connectivity index is 1.83. The van der Waals surface area contributed by atoms with Gasteiger partial charge >= 0.3 is 5.97 Å². The fourth-order valence-corrected chi connectivity index (χ4v) is 3.27. The predicted molar refractivity (Wildman–Crippen MR) is 108 cm³/mol. The third-order valence-electron chi connectivity index (χ3n) is 5.15. The average molecular weight is 376 g/mol. The van der Waals surface area contributed by atoms with Gasteiger partial charge in [-0.25, -0.2) is 4.79 Å². The number of hydrogen-bond acceptors (Lipinski definition) is 4. The normalized spacial score (nSPS) is 13.8. The molecule has 4 heteroatoms. The first-order valence-corrected chi connectivity index (χ1v) is 9.52. The van der Waals surface area contributed by atoms with Crippen LogP contribution in [0.15, 0.2) is 53.6 Å². The molecular formula is C24H24O4. The van der Waals surface area contributed by atoms with Gasteiger partial charge in [0.05, 0.1) is 0 Å². The zero-order chi connectivity index (χ0) is 20.4. The average Bonchev–Trinajstić information content (AvgIpc) is 2.70. The van der Waals surface area contributed by atoms with Gasteiger partial charge in [-0.2, -0.15) is 0 Å². The molecule has 1 aliphatic carbocycles. The molecule has 28 heavy (non-hydrogen) atoms. The second kappa shape index (κ2) is 7.93. The Bertz CT molecular complexity index is 978. The molecule has 0 amide bonds. The van der Waals surface area contributed by atoms with Gasteiger partial charge in [-0.3, -0.25) is 9.59 Å². The van der Waals surface area contributed by atoms with Crippen molar-refractivity contribution in [1.82, 2.24) is 0 Å². The molecule has 2 aromatic carbocycles. The second-order valence-electron chi connectivity index (χ2n) is 7.36. The number of ether oxygens (including phenoxy) is 1. The van der Waals surface area contributed by atoms with E-state index in [0.717, 1.165) is 17.5 Å². The van der Waals surface area contributed by atoms with Crippen LogP contribution in [0, 0.1) is 0 Å². The van der Waals surface area contributed by atoms with Gasteiger partial charge in [0.1, 0.15) is 12.2 Å². The number of carbonyl (C=O) groups excluding carboxylic acids is 3. The summed E-state index contributed by atoms with van der Waals surface area (Å²) in [6, 6.07) is 13.0. The Morgan fingerprint density at radius 2 is 1.57 bits per heavy atom. The molecule has 4 nitrogen and oxygen atoms in total. The Morgan fingerprint density at radius 1 is 0.929 bits per heavy atom. The van der Waals surface area contributed by atoms with Crippen molar-refractivity contribution in [2.24, 2.45) is 0 Å². The summed E-state index contributed by atoms with van der Waals surface area (Å²) in [7, 11) is 0. The molecular weight excluding hydrogens is 352 g/mol. The number of rotatable bonds is 5. The van der Waals surface area contributed by atoms with Gasteiger partial charge < -0.3 is 4.74 Å². The van der Waals surface area contributed by atoms with Gasteiger partial charge in [0.25, 0.3) is 0 Å². The number of fused-ring (bicyclic) bond motifs is 1. The van der Waals surface area contributed by atoms with E-state index in [0.29, 0.717) is 5.56 Å². The van der Waals surface area contributed by atoms with E-state index in [4.69, 9.17) is 4.74 Å². The molecule has 0 saturated carbocycles. The molecule has 1 aliphatic rings. The first kappa shape index (κ1) is 19.7. The van der Waals surface area contributed by atoms with Gasteiger partial charge in [0.2, 0.25) is 5.78 Å². The van der Waals surface area contributed by atoms with Crippen LogP contribution in [-0.2, 0) is 22.6 Å². The van der Waals surface area contributed by atoms with E-state index >= 15 is 0 Å². The van der Waals surface area contributed by atoms with Gasteiger partial charge in [-0.15, -0.1) is 0 Å². The van der Waals surface area contributed by atoms with Crippen LogP contribution in [0.25, 0.3) is 0 Å². The smallest absolute Gasteiger partial charge is 0.342 e. The third kappa shape index (κ3) is 3.68. The number of carbonyl (C=O) groups is 3. The Hall–Kier alpha value is -3.01. The fourth-order valence-electron chi connectivity index (χ4n) is 3.27. The second-order valence-corrected chi connectivity index (χ2v) is 7.36. The highest BCUT2D eigenvalue weighted by molar-refractivity contribution is 6.35. The number of allylic oxidation sites excluding steroid dienone is 1. The first-order chi connectivity index (χ1) is 13.3. The van der Waals surface area contributed by atoms with Crippen LogP contribution < -0.4 is 0 Å². The Kier molecular flexibility index (Phi) is 5.59. The van der Waals surface area contributed by atoms with E-state index in [2.05, 4.69) is 6.92 Å². The SMILES string of the molecule is CCc1ccc(COC(=O)C2=C(C)C(=O)c3cc(C(C)C)ccc3C2=O)cc1. The molecule has 0 bridgehead atoms. The number of esters is 1. The summed E-state index contributed by atoms with van der Waals surface area (Å²) >= 11 is 0. The van der Waals surface area contributed by atoms with E-state index in [1.165, 1.54) is 12.5 Å². The molecule has 0 aliphatic heterocycles. The topological polar surface area (TPSA) is 60.4 Å². The maximum absolute atomic E-state index is 12.9. The van der Waals surface area contributed by atoms with Crippen molar-refractivity contribution >= 4 is 17.5 Å². The van der Waals surface area contributed by atoms with Crippen molar-refractivity contribution in [3.8, 4) is 0 Å². The van der Waals surface area contributed by atoms with Gasteiger partial charge in [-0.1, -0.05) is 57.2 Å². The fraction of sp³-hybridized carbons (Fsp3) is 0.292. The maximum Gasteiger partial charge on any atom is 0.342 e. The number of benzene rings is 2. The van der Waals surface area contributed by atoms with Crippen molar-refractivity contribution in [3.63, 3.8) is 0 Å². The summed E-state index contributed by atoms with van der Waals surface area (Å²) < 4.78 is 5.34. The summed E-state index contributed by atoms with van der Waals surface area (Å²) in [4.78, 5) is 38.3. The van der Waals surface area contributed by atoms with Crippen LogP contribution in [0.2, 0.25) is 0 Å². The molecule has 0 aromatic heterocycles. The van der Waals surface area contributed by atoms with Crippen LogP contribution >= 0.6 is 0 Å². The molecule has 3 rings (SSSR count).